The van der Waals surface area contributed by atoms with E-state index >= 15 is 0 Å². The van der Waals surface area contributed by atoms with Crippen LogP contribution in [0.1, 0.15) is 60.5 Å². The largest absolute Gasteiger partial charge is 0.481 e. The van der Waals surface area contributed by atoms with Gasteiger partial charge in [0.1, 0.15) is 0 Å². The van der Waals surface area contributed by atoms with Gasteiger partial charge in [-0.05, 0) is 61.4 Å². The van der Waals surface area contributed by atoms with Crippen LogP contribution in [0.15, 0.2) is 83.4 Å². The number of aromatic nitrogens is 1. The van der Waals surface area contributed by atoms with E-state index in [0.717, 1.165) is 45.5 Å². The zero-order valence-corrected chi connectivity index (χ0v) is 22.4. The molecule has 2 aliphatic carbocycles. The Morgan fingerprint density at radius 3 is 2.31 bits per heavy atom. The van der Waals surface area contributed by atoms with Crippen LogP contribution in [0.4, 0.5) is 0 Å². The number of nitrogens with zero attached hydrogens (tertiary/aromatic N) is 2. The van der Waals surface area contributed by atoms with Gasteiger partial charge in [-0.2, -0.15) is 0 Å². The van der Waals surface area contributed by atoms with E-state index in [1.807, 2.05) is 97.7 Å². The maximum Gasteiger partial charge on any atom is 0.314 e. The molecule has 1 heterocycles. The number of aryl methyl sites for hydroxylation is 1. The van der Waals surface area contributed by atoms with Crippen LogP contribution in [0, 0.1) is 12.8 Å². The summed E-state index contributed by atoms with van der Waals surface area (Å²) in [5, 5.41) is 14.3. The second-order valence-electron chi connectivity index (χ2n) is 11.0. The van der Waals surface area contributed by atoms with E-state index in [9.17, 15) is 14.7 Å². The van der Waals surface area contributed by atoms with Crippen molar-refractivity contribution in [3.8, 4) is 22.5 Å². The lowest BCUT2D eigenvalue weighted by molar-refractivity contribution is -0.140. The number of rotatable bonds is 8. The Morgan fingerprint density at radius 2 is 1.67 bits per heavy atom. The molecule has 2 unspecified atom stereocenters. The Bertz CT molecular complexity index is 1540. The van der Waals surface area contributed by atoms with Gasteiger partial charge in [0.2, 0.25) is 5.91 Å². The van der Waals surface area contributed by atoms with Gasteiger partial charge < -0.3 is 14.5 Å². The zero-order valence-electron chi connectivity index (χ0n) is 22.4. The number of carboxylic acids is 1. The van der Waals surface area contributed by atoms with Crippen LogP contribution in [0.25, 0.3) is 22.5 Å². The molecule has 0 radical (unpaired) electrons. The minimum Gasteiger partial charge on any atom is -0.481 e. The molecule has 3 aromatic carbocycles. The fourth-order valence-electron chi connectivity index (χ4n) is 5.85. The molecule has 0 bridgehead atoms. The Balaban J connectivity index is 1.36. The van der Waals surface area contributed by atoms with Crippen LogP contribution in [-0.4, -0.2) is 34.1 Å². The highest BCUT2D eigenvalue weighted by Crippen LogP contribution is 2.55. The molecule has 0 aliphatic heterocycles. The average Bonchev–Trinajstić information content (AvgIpc) is 3.90. The Hall–Kier alpha value is -4.19. The minimum absolute atomic E-state index is 0.00538. The molecule has 0 saturated heterocycles. The Labute approximate surface area is 228 Å². The van der Waals surface area contributed by atoms with Gasteiger partial charge >= 0.3 is 5.97 Å². The number of benzene rings is 3. The van der Waals surface area contributed by atoms with Gasteiger partial charge in [0, 0.05) is 30.0 Å². The smallest absolute Gasteiger partial charge is 0.314 e. The molecule has 4 aromatic rings. The van der Waals surface area contributed by atoms with Gasteiger partial charge in [-0.3, -0.25) is 9.59 Å². The molecule has 6 rings (SSSR count). The summed E-state index contributed by atoms with van der Waals surface area (Å²) < 4.78 is 5.98. The van der Waals surface area contributed by atoms with Crippen LogP contribution < -0.4 is 0 Å². The molecule has 6 nitrogen and oxygen atoms in total. The third-order valence-electron chi connectivity index (χ3n) is 8.66. The molecular formula is C33H32N2O4. The molecule has 1 N–H and O–H groups in total. The van der Waals surface area contributed by atoms with Gasteiger partial charge in [-0.15, -0.1) is 0 Å². The Kier molecular flexibility index (Phi) is 6.13. The van der Waals surface area contributed by atoms with Gasteiger partial charge in [-0.1, -0.05) is 78.0 Å². The summed E-state index contributed by atoms with van der Waals surface area (Å²) in [6.07, 6.45) is 1.99. The summed E-state index contributed by atoms with van der Waals surface area (Å²) in [7, 11) is 1.87. The fourth-order valence-corrected chi connectivity index (χ4v) is 5.85. The van der Waals surface area contributed by atoms with Crippen molar-refractivity contribution in [1.29, 1.82) is 0 Å². The normalized spacial score (nSPS) is 19.8. The number of carbonyl (C=O) groups is 2. The third kappa shape index (κ3) is 4.34. The molecule has 39 heavy (non-hydrogen) atoms. The number of carboxylic acid groups (broad SMARTS) is 1. The molecular weight excluding hydrogens is 488 g/mol. The van der Waals surface area contributed by atoms with E-state index in [2.05, 4.69) is 12.1 Å². The summed E-state index contributed by atoms with van der Waals surface area (Å²) in [5.41, 5.74) is 5.56. The lowest BCUT2D eigenvalue weighted by Gasteiger charge is -2.25. The van der Waals surface area contributed by atoms with Crippen LogP contribution in [0.3, 0.4) is 0 Å². The van der Waals surface area contributed by atoms with Gasteiger partial charge in [0.15, 0.2) is 5.76 Å². The number of hydrogen-bond donors (Lipinski definition) is 1. The molecule has 1 amide bonds. The summed E-state index contributed by atoms with van der Waals surface area (Å²) in [6.45, 7) is 3.97. The Morgan fingerprint density at radius 1 is 1.00 bits per heavy atom. The predicted octanol–water partition coefficient (Wildman–Crippen LogP) is 6.76. The molecule has 2 saturated carbocycles. The molecule has 2 fully saturated rings. The highest BCUT2D eigenvalue weighted by molar-refractivity contribution is 5.90. The van der Waals surface area contributed by atoms with Crippen molar-refractivity contribution in [2.24, 2.45) is 5.92 Å². The first-order valence-electron chi connectivity index (χ1n) is 13.5. The summed E-state index contributed by atoms with van der Waals surface area (Å²) in [6, 6.07) is 25.9. The molecule has 6 heteroatoms. The van der Waals surface area contributed by atoms with Crippen molar-refractivity contribution < 1.29 is 19.2 Å². The van der Waals surface area contributed by atoms with Gasteiger partial charge in [-0.25, -0.2) is 0 Å². The lowest BCUT2D eigenvalue weighted by Crippen LogP contribution is -2.31. The maximum atomic E-state index is 13.6. The average molecular weight is 521 g/mol. The van der Waals surface area contributed by atoms with Crippen LogP contribution >= 0.6 is 0 Å². The maximum absolute atomic E-state index is 13.6. The van der Waals surface area contributed by atoms with Gasteiger partial charge in [0.05, 0.1) is 17.2 Å². The highest BCUT2D eigenvalue weighted by atomic mass is 16.5. The second-order valence-corrected chi connectivity index (χ2v) is 11.0. The first-order chi connectivity index (χ1) is 18.8. The standard InChI is InChI=1S/C33H32N2O4/c1-20-29(26-19-28(26)31(36)35(3)21(2)22-10-6-4-7-11-22)30(39-34-20)27-18-24(33(16-17-33)32(37)38)14-15-25(27)23-12-8-5-9-13-23/h4-15,18,21,26,28H,16-17,19H2,1-3H3,(H,37,38)/t21-,26?,28?/m1/s1. The molecule has 2 aliphatic rings. The van der Waals surface area contributed by atoms with Gasteiger partial charge in [0.25, 0.3) is 0 Å². The van der Waals surface area contributed by atoms with E-state index in [0.29, 0.717) is 18.6 Å². The van der Waals surface area contributed by atoms with Crippen molar-refractivity contribution in [1.82, 2.24) is 10.1 Å². The molecule has 198 valence electrons. The van der Waals surface area contributed by atoms with Crippen molar-refractivity contribution in [2.45, 2.75) is 50.5 Å². The minimum atomic E-state index is -0.840. The van der Waals surface area contributed by atoms with E-state index in [-0.39, 0.29) is 23.8 Å². The van der Waals surface area contributed by atoms with Crippen LogP contribution in [0.5, 0.6) is 0 Å². The first-order valence-corrected chi connectivity index (χ1v) is 13.5. The van der Waals surface area contributed by atoms with E-state index in [1.165, 1.54) is 0 Å². The number of hydrogen-bond acceptors (Lipinski definition) is 4. The van der Waals surface area contributed by atoms with Crippen molar-refractivity contribution >= 4 is 11.9 Å². The quantitative estimate of drug-likeness (QED) is 0.278. The number of carbonyl (C=O) groups excluding carboxylic acids is 1. The highest BCUT2D eigenvalue weighted by Gasteiger charge is 2.52. The van der Waals surface area contributed by atoms with E-state index in [4.69, 9.17) is 4.52 Å². The van der Waals surface area contributed by atoms with Crippen molar-refractivity contribution in [2.75, 3.05) is 7.05 Å². The fraction of sp³-hybridized carbons (Fsp3) is 0.303. The molecule has 3 atom stereocenters. The van der Waals surface area contributed by atoms with E-state index in [1.54, 1.807) is 0 Å². The predicted molar refractivity (Wildman–Crippen MR) is 149 cm³/mol. The number of aliphatic carboxylic acids is 1. The first kappa shape index (κ1) is 25.1. The number of amides is 1. The second kappa shape index (κ2) is 9.53. The third-order valence-corrected chi connectivity index (χ3v) is 8.66. The van der Waals surface area contributed by atoms with E-state index < -0.39 is 11.4 Å². The summed E-state index contributed by atoms with van der Waals surface area (Å²) in [5.74, 6) is -0.185. The summed E-state index contributed by atoms with van der Waals surface area (Å²) in [4.78, 5) is 27.5. The molecule has 1 aromatic heterocycles. The monoisotopic (exact) mass is 520 g/mol. The molecule has 0 spiro atoms. The van der Waals surface area contributed by atoms with Crippen LogP contribution in [0.2, 0.25) is 0 Å². The van der Waals surface area contributed by atoms with Crippen LogP contribution in [-0.2, 0) is 15.0 Å². The SMILES string of the molecule is Cc1noc(-c2cc(C3(C(=O)O)CC3)ccc2-c2ccccc2)c1C1CC1C(=O)N(C)[C@H](C)c1ccccc1. The van der Waals surface area contributed by atoms with Crippen molar-refractivity contribution in [3.05, 3.63) is 101 Å². The topological polar surface area (TPSA) is 83.6 Å². The lowest BCUT2D eigenvalue weighted by atomic mass is 9.88. The van der Waals surface area contributed by atoms with Crippen molar-refractivity contribution in [3.63, 3.8) is 0 Å². The zero-order chi connectivity index (χ0) is 27.3. The summed E-state index contributed by atoms with van der Waals surface area (Å²) >= 11 is 0.